The van der Waals surface area contributed by atoms with Crippen molar-refractivity contribution in [2.75, 3.05) is 19.6 Å². The number of amides is 1. The largest absolute Gasteiger partial charge is 0.355 e. The van der Waals surface area contributed by atoms with E-state index in [1.807, 2.05) is 29.1 Å². The van der Waals surface area contributed by atoms with Gasteiger partial charge in [0.15, 0.2) is 0 Å². The number of aryl methyl sites for hydroxylation is 1. The van der Waals surface area contributed by atoms with E-state index in [2.05, 4.69) is 40.4 Å². The van der Waals surface area contributed by atoms with E-state index in [-0.39, 0.29) is 11.9 Å². The first-order valence-electron chi connectivity index (χ1n) is 8.34. The van der Waals surface area contributed by atoms with Gasteiger partial charge in [-0.2, -0.15) is 5.10 Å². The van der Waals surface area contributed by atoms with Crippen LogP contribution >= 0.6 is 0 Å². The molecule has 2 heterocycles. The highest BCUT2D eigenvalue weighted by atomic mass is 16.1. The number of carbonyl (C=O) groups is 1. The predicted molar refractivity (Wildman–Crippen MR) is 90.0 cm³/mol. The molecule has 1 atom stereocenters. The molecule has 1 aliphatic heterocycles. The number of benzene rings is 1. The van der Waals surface area contributed by atoms with Gasteiger partial charge in [0.05, 0.1) is 0 Å². The maximum absolute atomic E-state index is 12.0. The zero-order chi connectivity index (χ0) is 16.1. The molecule has 1 aliphatic rings. The highest BCUT2D eigenvalue weighted by Crippen LogP contribution is 2.25. The molecule has 0 bridgehead atoms. The van der Waals surface area contributed by atoms with Crippen LogP contribution in [0.25, 0.3) is 0 Å². The normalized spacial score (nSPS) is 19.3. The second kappa shape index (κ2) is 7.42. The Kier molecular flexibility index (Phi) is 5.08. The van der Waals surface area contributed by atoms with Crippen molar-refractivity contribution < 1.29 is 4.79 Å². The van der Waals surface area contributed by atoms with E-state index in [1.165, 1.54) is 11.3 Å². The van der Waals surface area contributed by atoms with Gasteiger partial charge in [-0.15, -0.1) is 0 Å². The minimum Gasteiger partial charge on any atom is -0.355 e. The Hall–Kier alpha value is -2.14. The number of nitrogens with zero attached hydrogens (tertiary/aromatic N) is 3. The van der Waals surface area contributed by atoms with Gasteiger partial charge in [-0.25, -0.2) is 0 Å². The van der Waals surface area contributed by atoms with Crippen molar-refractivity contribution in [3.05, 3.63) is 53.9 Å². The number of hydrogen-bond donors (Lipinski definition) is 1. The van der Waals surface area contributed by atoms with Crippen LogP contribution in [0.4, 0.5) is 0 Å². The van der Waals surface area contributed by atoms with Crippen LogP contribution in [-0.2, 0) is 17.8 Å². The Labute approximate surface area is 137 Å². The summed E-state index contributed by atoms with van der Waals surface area (Å²) in [5.74, 6) is 0.139. The monoisotopic (exact) mass is 312 g/mol. The summed E-state index contributed by atoms with van der Waals surface area (Å²) in [6.45, 7) is 5.53. The van der Waals surface area contributed by atoms with Gasteiger partial charge < -0.3 is 5.32 Å². The second-order valence-corrected chi connectivity index (χ2v) is 5.90. The summed E-state index contributed by atoms with van der Waals surface area (Å²) in [7, 11) is 0. The van der Waals surface area contributed by atoms with E-state index in [0.717, 1.165) is 32.6 Å². The molecule has 0 spiro atoms. The van der Waals surface area contributed by atoms with Crippen LogP contribution in [0.15, 0.2) is 42.6 Å². The number of nitrogens with one attached hydrogen (secondary N) is 1. The fraction of sp³-hybridized carbons (Fsp3) is 0.444. The molecule has 0 unspecified atom stereocenters. The van der Waals surface area contributed by atoms with Crippen molar-refractivity contribution in [1.29, 1.82) is 0 Å². The van der Waals surface area contributed by atoms with Gasteiger partial charge in [-0.3, -0.25) is 14.4 Å². The van der Waals surface area contributed by atoms with Crippen molar-refractivity contribution in [1.82, 2.24) is 20.0 Å². The molecular weight excluding hydrogens is 288 g/mol. The van der Waals surface area contributed by atoms with Gasteiger partial charge in [0.2, 0.25) is 5.91 Å². The number of carbonyl (C=O) groups excluding carboxylic acids is 1. The smallest absolute Gasteiger partial charge is 0.221 e. The zero-order valence-electron chi connectivity index (χ0n) is 13.6. The van der Waals surface area contributed by atoms with Crippen molar-refractivity contribution in [3.8, 4) is 0 Å². The van der Waals surface area contributed by atoms with E-state index in [0.29, 0.717) is 6.42 Å². The zero-order valence-corrected chi connectivity index (χ0v) is 13.6. The van der Waals surface area contributed by atoms with Crippen molar-refractivity contribution in [2.24, 2.45) is 0 Å². The Morgan fingerprint density at radius 1 is 1.26 bits per heavy atom. The average Bonchev–Trinajstić information content (AvgIpc) is 2.96. The average molecular weight is 312 g/mol. The molecule has 1 amide bonds. The summed E-state index contributed by atoms with van der Waals surface area (Å²) >= 11 is 0. The molecule has 122 valence electrons. The molecule has 0 aliphatic carbocycles. The van der Waals surface area contributed by atoms with Gasteiger partial charge in [0.1, 0.15) is 0 Å². The topological polar surface area (TPSA) is 50.2 Å². The number of aromatic nitrogens is 2. The fourth-order valence-corrected chi connectivity index (χ4v) is 3.26. The molecular formula is C18H24N4O. The van der Waals surface area contributed by atoms with E-state index in [9.17, 15) is 4.79 Å². The van der Waals surface area contributed by atoms with Crippen LogP contribution in [0.5, 0.6) is 0 Å². The van der Waals surface area contributed by atoms with Crippen LogP contribution in [0.3, 0.4) is 0 Å². The van der Waals surface area contributed by atoms with Gasteiger partial charge >= 0.3 is 0 Å². The number of hydrogen-bond acceptors (Lipinski definition) is 3. The summed E-state index contributed by atoms with van der Waals surface area (Å²) in [5.41, 5.74) is 2.47. The maximum atomic E-state index is 12.0. The van der Waals surface area contributed by atoms with Crippen LogP contribution in [-0.4, -0.2) is 40.2 Å². The Morgan fingerprint density at radius 2 is 2.09 bits per heavy atom. The van der Waals surface area contributed by atoms with Crippen LogP contribution in [0.2, 0.25) is 0 Å². The lowest BCUT2D eigenvalue weighted by atomic mass is 10.0. The first kappa shape index (κ1) is 15.7. The van der Waals surface area contributed by atoms with Gasteiger partial charge in [-0.05, 0) is 18.6 Å². The number of rotatable bonds is 5. The minimum atomic E-state index is 0.139. The lowest BCUT2D eigenvalue weighted by molar-refractivity contribution is -0.121. The van der Waals surface area contributed by atoms with Crippen LogP contribution in [0.1, 0.15) is 30.6 Å². The molecule has 2 aromatic rings. The standard InChI is InChI=1S/C18H24N4O/c1-2-22-16(8-10-20-22)9-12-21-13-11-19-18(23)14-17(21)15-6-4-3-5-7-15/h3-8,10,17H,2,9,11-14H2,1H3,(H,19,23)/t17-/m0/s1. The summed E-state index contributed by atoms with van der Waals surface area (Å²) < 4.78 is 2.04. The summed E-state index contributed by atoms with van der Waals surface area (Å²) in [5, 5.41) is 7.33. The molecule has 1 aromatic heterocycles. The van der Waals surface area contributed by atoms with E-state index in [4.69, 9.17) is 0 Å². The van der Waals surface area contributed by atoms with Crippen molar-refractivity contribution in [2.45, 2.75) is 32.4 Å². The Morgan fingerprint density at radius 3 is 2.87 bits per heavy atom. The third-order valence-electron chi connectivity index (χ3n) is 4.48. The molecule has 5 heteroatoms. The molecule has 23 heavy (non-hydrogen) atoms. The molecule has 1 aromatic carbocycles. The lowest BCUT2D eigenvalue weighted by Gasteiger charge is -2.29. The quantitative estimate of drug-likeness (QED) is 0.919. The summed E-state index contributed by atoms with van der Waals surface area (Å²) in [6, 6.07) is 12.6. The molecule has 0 saturated carbocycles. The highest BCUT2D eigenvalue weighted by Gasteiger charge is 2.26. The SMILES string of the molecule is CCn1nccc1CCN1CCNC(=O)C[C@H]1c1ccccc1. The predicted octanol–water partition coefficient (Wildman–Crippen LogP) is 2.01. The van der Waals surface area contributed by atoms with Crippen molar-refractivity contribution >= 4 is 5.91 Å². The highest BCUT2D eigenvalue weighted by molar-refractivity contribution is 5.77. The molecule has 1 N–H and O–H groups in total. The molecule has 1 saturated heterocycles. The van der Waals surface area contributed by atoms with Gasteiger partial charge in [-0.1, -0.05) is 30.3 Å². The third-order valence-corrected chi connectivity index (χ3v) is 4.48. The summed E-state index contributed by atoms with van der Waals surface area (Å²) in [4.78, 5) is 14.4. The third kappa shape index (κ3) is 3.79. The molecule has 5 nitrogen and oxygen atoms in total. The van der Waals surface area contributed by atoms with E-state index >= 15 is 0 Å². The summed E-state index contributed by atoms with van der Waals surface area (Å²) in [6.07, 6.45) is 3.34. The first-order chi connectivity index (χ1) is 11.3. The minimum absolute atomic E-state index is 0.139. The molecule has 0 radical (unpaired) electrons. The fourth-order valence-electron chi connectivity index (χ4n) is 3.26. The Bertz CT molecular complexity index is 637. The second-order valence-electron chi connectivity index (χ2n) is 5.90. The van der Waals surface area contributed by atoms with Crippen LogP contribution < -0.4 is 5.32 Å². The first-order valence-corrected chi connectivity index (χ1v) is 8.34. The van der Waals surface area contributed by atoms with E-state index < -0.39 is 0 Å². The maximum Gasteiger partial charge on any atom is 0.221 e. The van der Waals surface area contributed by atoms with Gasteiger partial charge in [0.25, 0.3) is 0 Å². The van der Waals surface area contributed by atoms with Crippen LogP contribution in [0, 0.1) is 0 Å². The van der Waals surface area contributed by atoms with Crippen molar-refractivity contribution in [3.63, 3.8) is 0 Å². The van der Waals surface area contributed by atoms with E-state index in [1.54, 1.807) is 0 Å². The van der Waals surface area contributed by atoms with Gasteiger partial charge in [0, 0.05) is 57.0 Å². The molecule has 1 fully saturated rings. The Balaban J connectivity index is 1.75. The lowest BCUT2D eigenvalue weighted by Crippen LogP contribution is -2.33. The molecule has 3 rings (SSSR count).